The molecule has 1 amide bonds. The third-order valence-electron chi connectivity index (χ3n) is 6.72. The lowest BCUT2D eigenvalue weighted by atomic mass is 9.93. The van der Waals surface area contributed by atoms with E-state index < -0.39 is 17.7 Å². The second kappa shape index (κ2) is 12.0. The number of carboxylic acids is 1. The Labute approximate surface area is 234 Å². The summed E-state index contributed by atoms with van der Waals surface area (Å²) < 4.78 is 20.7. The highest BCUT2D eigenvalue weighted by atomic mass is 79.9. The number of ether oxygens (including phenoxy) is 1. The average Bonchev–Trinajstić information content (AvgIpc) is 2.84. The number of pyridine rings is 1. The zero-order chi connectivity index (χ0) is 27.6. The topological polar surface area (TPSA) is 91.8 Å². The highest BCUT2D eigenvalue weighted by Gasteiger charge is 2.28. The zero-order valence-corrected chi connectivity index (χ0v) is 23.8. The van der Waals surface area contributed by atoms with Crippen LogP contribution in [-0.2, 0) is 9.53 Å². The number of halogens is 3. The van der Waals surface area contributed by atoms with Crippen LogP contribution >= 0.6 is 27.5 Å². The Morgan fingerprint density at radius 2 is 1.95 bits per heavy atom. The monoisotopic (exact) mass is 605 g/mol. The quantitative estimate of drug-likeness (QED) is 0.323. The summed E-state index contributed by atoms with van der Waals surface area (Å²) in [4.78, 5) is 32.1. The number of carboxylic acid groups (broad SMARTS) is 1. The number of nitrogens with zero attached hydrogens (tertiary/aromatic N) is 2. The fourth-order valence-corrected chi connectivity index (χ4v) is 5.70. The minimum Gasteiger partial charge on any atom is -0.481 e. The summed E-state index contributed by atoms with van der Waals surface area (Å²) in [5.74, 6) is -1.54. The molecule has 0 bridgehead atoms. The Bertz CT molecular complexity index is 1360. The van der Waals surface area contributed by atoms with Crippen molar-refractivity contribution in [2.75, 3.05) is 24.5 Å². The molecule has 38 heavy (non-hydrogen) atoms. The Balaban J connectivity index is 1.70. The van der Waals surface area contributed by atoms with E-state index in [1.165, 1.54) is 18.2 Å². The number of benzene rings is 2. The van der Waals surface area contributed by atoms with Gasteiger partial charge >= 0.3 is 5.97 Å². The van der Waals surface area contributed by atoms with Gasteiger partial charge in [0.15, 0.2) is 0 Å². The van der Waals surface area contributed by atoms with E-state index in [1.807, 2.05) is 39.0 Å². The maximum Gasteiger partial charge on any atom is 0.303 e. The first-order chi connectivity index (χ1) is 18.0. The highest BCUT2D eigenvalue weighted by molar-refractivity contribution is 9.10. The van der Waals surface area contributed by atoms with Crippen molar-refractivity contribution in [2.24, 2.45) is 0 Å². The van der Waals surface area contributed by atoms with E-state index >= 15 is 0 Å². The van der Waals surface area contributed by atoms with Crippen LogP contribution in [0.4, 0.5) is 10.2 Å². The average molecular weight is 607 g/mol. The van der Waals surface area contributed by atoms with Gasteiger partial charge in [-0.15, -0.1) is 0 Å². The molecule has 2 heterocycles. The summed E-state index contributed by atoms with van der Waals surface area (Å²) in [5, 5.41) is 13.2. The Morgan fingerprint density at radius 1 is 1.24 bits per heavy atom. The minimum atomic E-state index is -0.978. The van der Waals surface area contributed by atoms with Crippen molar-refractivity contribution in [3.8, 4) is 0 Å². The maximum atomic E-state index is 14.0. The summed E-state index contributed by atoms with van der Waals surface area (Å²) in [6, 6.07) is 9.60. The lowest BCUT2D eigenvalue weighted by Crippen LogP contribution is -2.46. The molecular weight excluding hydrogens is 577 g/mol. The largest absolute Gasteiger partial charge is 0.481 e. The predicted octanol–water partition coefficient (Wildman–Crippen LogP) is 6.09. The van der Waals surface area contributed by atoms with Crippen LogP contribution in [0.15, 0.2) is 40.9 Å². The zero-order valence-electron chi connectivity index (χ0n) is 21.4. The van der Waals surface area contributed by atoms with Gasteiger partial charge in [0, 0.05) is 52.4 Å². The molecule has 0 radical (unpaired) electrons. The van der Waals surface area contributed by atoms with Crippen molar-refractivity contribution < 1.29 is 23.8 Å². The fourth-order valence-electron chi connectivity index (χ4n) is 5.07. The van der Waals surface area contributed by atoms with Crippen molar-refractivity contribution in [1.82, 2.24) is 10.3 Å². The van der Waals surface area contributed by atoms with Crippen LogP contribution in [-0.4, -0.2) is 53.8 Å². The van der Waals surface area contributed by atoms with Crippen LogP contribution < -0.4 is 10.2 Å². The Morgan fingerprint density at radius 3 is 2.63 bits per heavy atom. The normalized spacial score (nSPS) is 18.4. The van der Waals surface area contributed by atoms with Crippen molar-refractivity contribution in [1.29, 1.82) is 0 Å². The van der Waals surface area contributed by atoms with Crippen LogP contribution in [0.5, 0.6) is 0 Å². The van der Waals surface area contributed by atoms with E-state index in [1.54, 1.807) is 0 Å². The molecule has 1 saturated heterocycles. The number of hydrogen-bond donors (Lipinski definition) is 2. The SMILES string of the molecule is Cc1c(N2C[C@@H](C)O[C@@H](C)C2)nc2ccc(Br)cc2c1C(=O)NCC(CCC(=O)O)c1cc(F)ccc1Cl. The molecule has 202 valence electrons. The van der Waals surface area contributed by atoms with Gasteiger partial charge in [-0.05, 0) is 69.2 Å². The van der Waals surface area contributed by atoms with Crippen LogP contribution in [0.2, 0.25) is 5.02 Å². The van der Waals surface area contributed by atoms with Gasteiger partial charge in [0.25, 0.3) is 5.91 Å². The lowest BCUT2D eigenvalue weighted by Gasteiger charge is -2.37. The molecule has 0 spiro atoms. The third-order valence-corrected chi connectivity index (χ3v) is 7.56. The number of aliphatic carboxylic acids is 1. The van der Waals surface area contributed by atoms with Gasteiger partial charge in [-0.2, -0.15) is 0 Å². The van der Waals surface area contributed by atoms with Gasteiger partial charge in [0.2, 0.25) is 0 Å². The van der Waals surface area contributed by atoms with E-state index in [2.05, 4.69) is 26.1 Å². The van der Waals surface area contributed by atoms with Crippen LogP contribution in [0.1, 0.15) is 54.1 Å². The number of rotatable bonds is 8. The molecule has 1 aliphatic rings. The van der Waals surface area contributed by atoms with E-state index in [0.29, 0.717) is 40.1 Å². The molecule has 2 N–H and O–H groups in total. The van der Waals surface area contributed by atoms with Crippen LogP contribution in [0.3, 0.4) is 0 Å². The molecule has 7 nitrogen and oxygen atoms in total. The molecule has 0 saturated carbocycles. The number of carbonyl (C=O) groups is 2. The first-order valence-corrected chi connectivity index (χ1v) is 13.7. The predicted molar refractivity (Wildman–Crippen MR) is 150 cm³/mol. The van der Waals surface area contributed by atoms with Gasteiger partial charge in [-0.25, -0.2) is 9.37 Å². The highest BCUT2D eigenvalue weighted by Crippen LogP contribution is 2.33. The van der Waals surface area contributed by atoms with Crippen molar-refractivity contribution in [3.05, 3.63) is 68.4 Å². The molecule has 1 unspecified atom stereocenters. The molecule has 3 atom stereocenters. The third kappa shape index (κ3) is 6.45. The number of carbonyl (C=O) groups excluding carboxylic acids is 1. The van der Waals surface area contributed by atoms with Gasteiger partial charge in [0.05, 0.1) is 23.3 Å². The summed E-state index contributed by atoms with van der Waals surface area (Å²) in [6.07, 6.45) is 0.0808. The Hall–Kier alpha value is -2.75. The number of nitrogens with one attached hydrogen (secondary N) is 1. The number of amides is 1. The number of morpholine rings is 1. The second-order valence-corrected chi connectivity index (χ2v) is 11.1. The number of hydrogen-bond acceptors (Lipinski definition) is 5. The fraction of sp³-hybridized carbons (Fsp3) is 0.393. The van der Waals surface area contributed by atoms with Crippen molar-refractivity contribution >= 4 is 56.1 Å². The molecule has 1 aromatic heterocycles. The molecule has 3 aromatic rings. The number of anilines is 1. The first kappa shape index (κ1) is 28.3. The molecule has 1 fully saturated rings. The molecular formula is C28H30BrClFN3O4. The van der Waals surface area contributed by atoms with Gasteiger partial charge in [0.1, 0.15) is 11.6 Å². The Kier molecular flexibility index (Phi) is 8.90. The summed E-state index contributed by atoms with van der Waals surface area (Å²) in [5.41, 5.74) is 2.37. The molecule has 4 rings (SSSR count). The molecule has 2 aromatic carbocycles. The van der Waals surface area contributed by atoms with Crippen LogP contribution in [0.25, 0.3) is 10.9 Å². The number of aromatic nitrogens is 1. The summed E-state index contributed by atoms with van der Waals surface area (Å²) in [6.45, 7) is 7.30. The molecule has 10 heteroatoms. The van der Waals surface area contributed by atoms with Crippen molar-refractivity contribution in [2.45, 2.75) is 51.7 Å². The summed E-state index contributed by atoms with van der Waals surface area (Å²) >= 11 is 9.83. The summed E-state index contributed by atoms with van der Waals surface area (Å²) in [7, 11) is 0. The van der Waals surface area contributed by atoms with E-state index in [-0.39, 0.29) is 37.5 Å². The van der Waals surface area contributed by atoms with Crippen LogP contribution in [0, 0.1) is 12.7 Å². The molecule has 1 aliphatic heterocycles. The smallest absolute Gasteiger partial charge is 0.303 e. The van der Waals surface area contributed by atoms with Crippen molar-refractivity contribution in [3.63, 3.8) is 0 Å². The van der Waals surface area contributed by atoms with E-state index in [4.69, 9.17) is 21.3 Å². The minimum absolute atomic E-state index is 0.0175. The maximum absolute atomic E-state index is 14.0. The lowest BCUT2D eigenvalue weighted by molar-refractivity contribution is -0.137. The molecule has 0 aliphatic carbocycles. The second-order valence-electron chi connectivity index (χ2n) is 9.76. The van der Waals surface area contributed by atoms with Gasteiger partial charge in [-0.3, -0.25) is 9.59 Å². The van der Waals surface area contributed by atoms with E-state index in [0.717, 1.165) is 15.9 Å². The number of fused-ring (bicyclic) bond motifs is 1. The van der Waals surface area contributed by atoms with E-state index in [9.17, 15) is 19.1 Å². The standard InChI is InChI=1S/C28H30BrClFN3O4/c1-15-13-34(14-16(2)38-15)27-17(3)26(22-10-19(29)5-8-24(22)33-27)28(37)32-12-18(4-9-25(35)36)21-11-20(31)6-7-23(21)30/h5-8,10-11,15-16,18H,4,9,12-14H2,1-3H3,(H,32,37)(H,35,36)/t15-,16+,18?. The first-order valence-electron chi connectivity index (χ1n) is 12.5. The van der Waals surface area contributed by atoms with Gasteiger partial charge in [-0.1, -0.05) is 27.5 Å². The van der Waals surface area contributed by atoms with Gasteiger partial charge < -0.3 is 20.1 Å².